The minimum Gasteiger partial charge on any atom is -0.385 e. The number of ether oxygens (including phenoxy) is 1. The summed E-state index contributed by atoms with van der Waals surface area (Å²) in [6.45, 7) is 2.38. The van der Waals surface area contributed by atoms with Gasteiger partial charge in [-0.05, 0) is 30.9 Å². The summed E-state index contributed by atoms with van der Waals surface area (Å²) in [4.78, 5) is 0. The SMILES string of the molecule is CCC(O)(COC)C1CCc2ccccc2N1. The van der Waals surface area contributed by atoms with Crippen molar-refractivity contribution in [1.29, 1.82) is 0 Å². The molecular formula is C14H21NO2. The second kappa shape index (κ2) is 5.07. The van der Waals surface area contributed by atoms with Gasteiger partial charge in [-0.15, -0.1) is 0 Å². The number of fused-ring (bicyclic) bond motifs is 1. The van der Waals surface area contributed by atoms with Gasteiger partial charge < -0.3 is 15.2 Å². The Morgan fingerprint density at radius 3 is 2.94 bits per heavy atom. The number of hydrogen-bond donors (Lipinski definition) is 2. The van der Waals surface area contributed by atoms with E-state index in [0.717, 1.165) is 18.5 Å². The van der Waals surface area contributed by atoms with Crippen LogP contribution in [0, 0.1) is 0 Å². The first kappa shape index (κ1) is 12.4. The van der Waals surface area contributed by atoms with Crippen LogP contribution in [-0.4, -0.2) is 30.5 Å². The highest BCUT2D eigenvalue weighted by molar-refractivity contribution is 5.54. The molecule has 0 aromatic heterocycles. The van der Waals surface area contributed by atoms with E-state index >= 15 is 0 Å². The van der Waals surface area contributed by atoms with E-state index in [0.29, 0.717) is 13.0 Å². The van der Waals surface area contributed by atoms with E-state index < -0.39 is 5.60 Å². The summed E-state index contributed by atoms with van der Waals surface area (Å²) in [6.07, 6.45) is 2.66. The number of rotatable bonds is 4. The zero-order valence-corrected chi connectivity index (χ0v) is 10.6. The van der Waals surface area contributed by atoms with E-state index in [4.69, 9.17) is 4.74 Å². The number of aryl methyl sites for hydroxylation is 1. The maximum Gasteiger partial charge on any atom is 0.108 e. The summed E-state index contributed by atoms with van der Waals surface area (Å²) in [5, 5.41) is 14.0. The third kappa shape index (κ3) is 2.45. The molecule has 1 aromatic carbocycles. The van der Waals surface area contributed by atoms with Gasteiger partial charge in [-0.3, -0.25) is 0 Å². The average Bonchev–Trinajstić information content (AvgIpc) is 2.38. The third-order valence-corrected chi connectivity index (χ3v) is 3.70. The third-order valence-electron chi connectivity index (χ3n) is 3.70. The van der Waals surface area contributed by atoms with Crippen LogP contribution in [0.1, 0.15) is 25.3 Å². The van der Waals surface area contributed by atoms with Crippen molar-refractivity contribution in [3.05, 3.63) is 29.8 Å². The van der Waals surface area contributed by atoms with Gasteiger partial charge in [0.15, 0.2) is 0 Å². The largest absolute Gasteiger partial charge is 0.385 e. The van der Waals surface area contributed by atoms with Gasteiger partial charge in [0, 0.05) is 12.8 Å². The van der Waals surface area contributed by atoms with Crippen LogP contribution in [0.25, 0.3) is 0 Å². The van der Waals surface area contributed by atoms with E-state index in [-0.39, 0.29) is 6.04 Å². The number of anilines is 1. The Hall–Kier alpha value is -1.06. The fraction of sp³-hybridized carbons (Fsp3) is 0.571. The Kier molecular flexibility index (Phi) is 3.69. The highest BCUT2D eigenvalue weighted by Gasteiger charge is 2.36. The molecule has 3 heteroatoms. The van der Waals surface area contributed by atoms with Gasteiger partial charge in [-0.25, -0.2) is 0 Å². The van der Waals surface area contributed by atoms with E-state index in [1.54, 1.807) is 7.11 Å². The van der Waals surface area contributed by atoms with Crippen LogP contribution in [0.15, 0.2) is 24.3 Å². The van der Waals surface area contributed by atoms with Crippen LogP contribution in [0.4, 0.5) is 5.69 Å². The molecular weight excluding hydrogens is 214 g/mol. The monoisotopic (exact) mass is 235 g/mol. The molecule has 0 saturated heterocycles. The molecule has 2 rings (SSSR count). The number of para-hydroxylation sites is 1. The first-order chi connectivity index (χ1) is 8.19. The number of hydrogen-bond acceptors (Lipinski definition) is 3. The molecule has 2 N–H and O–H groups in total. The fourth-order valence-electron chi connectivity index (χ4n) is 2.54. The molecule has 1 aliphatic heterocycles. The molecule has 17 heavy (non-hydrogen) atoms. The Morgan fingerprint density at radius 1 is 1.47 bits per heavy atom. The Labute approximate surface area is 103 Å². The minimum absolute atomic E-state index is 0.0716. The minimum atomic E-state index is -0.776. The molecule has 0 fully saturated rings. The van der Waals surface area contributed by atoms with E-state index in [2.05, 4.69) is 23.5 Å². The molecule has 0 amide bonds. The van der Waals surface area contributed by atoms with Crippen molar-refractivity contribution in [2.45, 2.75) is 37.8 Å². The lowest BCUT2D eigenvalue weighted by Crippen LogP contribution is -2.51. The van der Waals surface area contributed by atoms with Crippen LogP contribution < -0.4 is 5.32 Å². The van der Waals surface area contributed by atoms with Gasteiger partial charge in [-0.1, -0.05) is 25.1 Å². The van der Waals surface area contributed by atoms with E-state index in [1.165, 1.54) is 5.56 Å². The van der Waals surface area contributed by atoms with Gasteiger partial charge in [0.2, 0.25) is 0 Å². The van der Waals surface area contributed by atoms with Crippen molar-refractivity contribution in [3.8, 4) is 0 Å². The van der Waals surface area contributed by atoms with Gasteiger partial charge in [0.25, 0.3) is 0 Å². The molecule has 0 aliphatic carbocycles. The maximum atomic E-state index is 10.6. The fourth-order valence-corrected chi connectivity index (χ4v) is 2.54. The number of nitrogens with one attached hydrogen (secondary N) is 1. The number of methoxy groups -OCH3 is 1. The normalized spacial score (nSPS) is 22.4. The van der Waals surface area contributed by atoms with Crippen molar-refractivity contribution in [1.82, 2.24) is 0 Å². The first-order valence-electron chi connectivity index (χ1n) is 6.25. The molecule has 0 bridgehead atoms. The smallest absolute Gasteiger partial charge is 0.108 e. The van der Waals surface area contributed by atoms with Gasteiger partial charge in [0.05, 0.1) is 12.6 Å². The van der Waals surface area contributed by atoms with Crippen molar-refractivity contribution in [2.75, 3.05) is 19.0 Å². The van der Waals surface area contributed by atoms with Gasteiger partial charge in [0.1, 0.15) is 5.60 Å². The topological polar surface area (TPSA) is 41.5 Å². The molecule has 94 valence electrons. The summed E-state index contributed by atoms with van der Waals surface area (Å²) in [5.41, 5.74) is 1.70. The van der Waals surface area contributed by atoms with Crippen molar-refractivity contribution in [3.63, 3.8) is 0 Å². The maximum absolute atomic E-state index is 10.6. The summed E-state index contributed by atoms with van der Waals surface area (Å²) in [6, 6.07) is 8.37. The predicted octanol–water partition coefficient (Wildman–Crippen LogP) is 2.20. The molecule has 0 saturated carbocycles. The van der Waals surface area contributed by atoms with E-state index in [9.17, 15) is 5.11 Å². The zero-order valence-electron chi connectivity index (χ0n) is 10.6. The summed E-state index contributed by atoms with van der Waals surface area (Å²) in [5.74, 6) is 0. The second-order valence-corrected chi connectivity index (χ2v) is 4.78. The Morgan fingerprint density at radius 2 is 2.24 bits per heavy atom. The van der Waals surface area contributed by atoms with E-state index in [1.807, 2.05) is 13.0 Å². The van der Waals surface area contributed by atoms with Crippen LogP contribution in [-0.2, 0) is 11.2 Å². The van der Waals surface area contributed by atoms with Gasteiger partial charge in [-0.2, -0.15) is 0 Å². The summed E-state index contributed by atoms with van der Waals surface area (Å²) < 4.78 is 5.15. The standard InChI is InChI=1S/C14H21NO2/c1-3-14(16,10-17-2)13-9-8-11-6-4-5-7-12(11)15-13/h4-7,13,15-16H,3,8-10H2,1-2H3. The second-order valence-electron chi connectivity index (χ2n) is 4.78. The van der Waals surface area contributed by atoms with Crippen LogP contribution in [0.2, 0.25) is 0 Å². The molecule has 3 nitrogen and oxygen atoms in total. The van der Waals surface area contributed by atoms with Crippen molar-refractivity contribution < 1.29 is 9.84 Å². The van der Waals surface area contributed by atoms with Gasteiger partial charge >= 0.3 is 0 Å². The summed E-state index contributed by atoms with van der Waals surface area (Å²) in [7, 11) is 1.64. The van der Waals surface area contributed by atoms with Crippen molar-refractivity contribution in [2.24, 2.45) is 0 Å². The number of benzene rings is 1. The lowest BCUT2D eigenvalue weighted by molar-refractivity contribution is -0.0493. The first-order valence-corrected chi connectivity index (χ1v) is 6.25. The molecule has 1 aliphatic rings. The van der Waals surface area contributed by atoms with Crippen LogP contribution >= 0.6 is 0 Å². The van der Waals surface area contributed by atoms with Crippen LogP contribution in [0.5, 0.6) is 0 Å². The molecule has 2 unspecified atom stereocenters. The molecule has 0 spiro atoms. The number of aliphatic hydroxyl groups is 1. The summed E-state index contributed by atoms with van der Waals surface area (Å²) >= 11 is 0. The van der Waals surface area contributed by atoms with Crippen molar-refractivity contribution >= 4 is 5.69 Å². The zero-order chi connectivity index (χ0) is 12.3. The highest BCUT2D eigenvalue weighted by atomic mass is 16.5. The molecule has 0 radical (unpaired) electrons. The highest BCUT2D eigenvalue weighted by Crippen LogP contribution is 2.30. The van der Waals surface area contributed by atoms with Crippen LogP contribution in [0.3, 0.4) is 0 Å². The lowest BCUT2D eigenvalue weighted by Gasteiger charge is -2.39. The lowest BCUT2D eigenvalue weighted by atomic mass is 9.84. The molecule has 2 atom stereocenters. The average molecular weight is 235 g/mol. The quantitative estimate of drug-likeness (QED) is 0.840. The predicted molar refractivity (Wildman–Crippen MR) is 69.3 cm³/mol. The molecule has 1 heterocycles. The Balaban J connectivity index is 2.16. The molecule has 1 aromatic rings. The Bertz CT molecular complexity index is 380.